The largest absolute Gasteiger partial charge is 0.381 e. The molecule has 0 bridgehead atoms. The van der Waals surface area contributed by atoms with Gasteiger partial charge in [0.1, 0.15) is 11.3 Å². The minimum Gasteiger partial charge on any atom is -0.381 e. The second-order valence-electron chi connectivity index (χ2n) is 7.13. The van der Waals surface area contributed by atoms with Crippen molar-refractivity contribution in [3.63, 3.8) is 0 Å². The fourth-order valence-electron chi connectivity index (χ4n) is 3.90. The van der Waals surface area contributed by atoms with Gasteiger partial charge in [-0.3, -0.25) is 18.9 Å². The summed E-state index contributed by atoms with van der Waals surface area (Å²) in [5.41, 5.74) is 9.98. The maximum Gasteiger partial charge on any atom is 0.267 e. The van der Waals surface area contributed by atoms with Crippen LogP contribution < -0.4 is 5.73 Å². The number of hydrogen-bond donors (Lipinski definition) is 1. The molecule has 5 heterocycles. The van der Waals surface area contributed by atoms with E-state index in [1.165, 1.54) is 0 Å². The number of carbonyl (C=O) groups excluding carboxylic acids is 1. The maximum absolute atomic E-state index is 11.8. The molecule has 0 saturated carbocycles. The Morgan fingerprint density at radius 3 is 2.86 bits per heavy atom. The van der Waals surface area contributed by atoms with Crippen LogP contribution in [0.5, 0.6) is 0 Å². The molecule has 0 aromatic carbocycles. The Bertz CT molecular complexity index is 1200. The molecule has 4 aromatic heterocycles. The number of ether oxygens (including phenoxy) is 1. The summed E-state index contributed by atoms with van der Waals surface area (Å²) in [4.78, 5) is 21.0. The topological polar surface area (TPSA) is 100 Å². The number of aryl methyl sites for hydroxylation is 1. The van der Waals surface area contributed by atoms with Gasteiger partial charge in [-0.25, -0.2) is 4.98 Å². The van der Waals surface area contributed by atoms with Crippen LogP contribution in [0, 0.1) is 6.92 Å². The maximum atomic E-state index is 11.8. The molecule has 8 nitrogen and oxygen atoms in total. The Labute approximate surface area is 160 Å². The molecule has 0 radical (unpaired) electrons. The van der Waals surface area contributed by atoms with Crippen LogP contribution in [0.25, 0.3) is 27.7 Å². The fourth-order valence-corrected chi connectivity index (χ4v) is 3.90. The molecule has 0 atom stereocenters. The lowest BCUT2D eigenvalue weighted by Crippen LogP contribution is -2.19. The number of primary amides is 1. The number of aromatic nitrogens is 5. The normalized spacial score (nSPS) is 15.5. The number of hydrogen-bond acceptors (Lipinski definition) is 5. The van der Waals surface area contributed by atoms with E-state index in [4.69, 9.17) is 10.5 Å². The Morgan fingerprint density at radius 2 is 2.07 bits per heavy atom. The van der Waals surface area contributed by atoms with Gasteiger partial charge in [-0.1, -0.05) is 0 Å². The summed E-state index contributed by atoms with van der Waals surface area (Å²) in [5.74, 6) is -0.494. The number of amides is 1. The van der Waals surface area contributed by atoms with Gasteiger partial charge in [0.25, 0.3) is 5.91 Å². The van der Waals surface area contributed by atoms with E-state index in [-0.39, 0.29) is 0 Å². The van der Waals surface area contributed by atoms with Crippen molar-refractivity contribution in [1.29, 1.82) is 0 Å². The molecule has 1 amide bonds. The van der Waals surface area contributed by atoms with Gasteiger partial charge in [0.15, 0.2) is 0 Å². The summed E-state index contributed by atoms with van der Waals surface area (Å²) < 4.78 is 9.19. The van der Waals surface area contributed by atoms with Gasteiger partial charge in [0.05, 0.1) is 23.4 Å². The van der Waals surface area contributed by atoms with Crippen LogP contribution in [0.3, 0.4) is 0 Å². The molecule has 1 aliphatic rings. The lowest BCUT2D eigenvalue weighted by molar-refractivity contribution is 0.0662. The molecule has 1 fully saturated rings. The van der Waals surface area contributed by atoms with E-state index in [1.807, 2.05) is 29.2 Å². The van der Waals surface area contributed by atoms with E-state index in [1.54, 1.807) is 17.5 Å². The van der Waals surface area contributed by atoms with Crippen molar-refractivity contribution >= 4 is 22.5 Å². The number of fused-ring (bicyclic) bond motifs is 3. The number of nitrogens with two attached hydrogens (primary N) is 1. The first-order valence-corrected chi connectivity index (χ1v) is 9.31. The van der Waals surface area contributed by atoms with Crippen LogP contribution in [0.1, 0.15) is 35.1 Å². The van der Waals surface area contributed by atoms with Crippen molar-refractivity contribution in [3.05, 3.63) is 48.3 Å². The van der Waals surface area contributed by atoms with Crippen LogP contribution in [0.4, 0.5) is 0 Å². The Kier molecular flexibility index (Phi) is 3.87. The average Bonchev–Trinajstić information content (AvgIpc) is 3.32. The molecule has 0 spiro atoms. The summed E-state index contributed by atoms with van der Waals surface area (Å²) in [6.45, 7) is 3.34. The predicted molar refractivity (Wildman–Crippen MR) is 104 cm³/mol. The molecule has 1 saturated heterocycles. The van der Waals surface area contributed by atoms with E-state index >= 15 is 0 Å². The molecule has 5 rings (SSSR count). The number of pyridine rings is 2. The van der Waals surface area contributed by atoms with Crippen LogP contribution >= 0.6 is 0 Å². The highest BCUT2D eigenvalue weighted by atomic mass is 16.5. The van der Waals surface area contributed by atoms with E-state index in [0.29, 0.717) is 23.1 Å². The Balaban J connectivity index is 1.61. The number of imidazole rings is 1. The number of carbonyl (C=O) groups is 1. The van der Waals surface area contributed by atoms with Crippen LogP contribution in [0.2, 0.25) is 0 Å². The molecule has 142 valence electrons. The van der Waals surface area contributed by atoms with Gasteiger partial charge in [-0.05, 0) is 31.9 Å². The van der Waals surface area contributed by atoms with Gasteiger partial charge < -0.3 is 10.5 Å². The lowest BCUT2D eigenvalue weighted by atomic mass is 10.1. The zero-order valence-corrected chi connectivity index (χ0v) is 15.5. The van der Waals surface area contributed by atoms with Crippen molar-refractivity contribution < 1.29 is 9.53 Å². The zero-order chi connectivity index (χ0) is 19.3. The highest BCUT2D eigenvalue weighted by molar-refractivity contribution is 5.98. The predicted octanol–water partition coefficient (Wildman–Crippen LogP) is 2.50. The monoisotopic (exact) mass is 376 g/mol. The van der Waals surface area contributed by atoms with E-state index in [0.717, 1.165) is 48.1 Å². The highest BCUT2D eigenvalue weighted by Crippen LogP contribution is 2.28. The van der Waals surface area contributed by atoms with Crippen LogP contribution in [-0.4, -0.2) is 43.3 Å². The molecule has 8 heteroatoms. The van der Waals surface area contributed by atoms with E-state index in [2.05, 4.69) is 21.3 Å². The van der Waals surface area contributed by atoms with Crippen molar-refractivity contribution in [2.24, 2.45) is 5.73 Å². The molecular formula is C20H20N6O2. The first-order valence-electron chi connectivity index (χ1n) is 9.31. The Hall–Kier alpha value is -3.26. The van der Waals surface area contributed by atoms with Crippen LogP contribution in [-0.2, 0) is 4.74 Å². The molecule has 0 aliphatic carbocycles. The molecule has 1 aliphatic heterocycles. The first kappa shape index (κ1) is 16.9. The minimum atomic E-state index is -0.494. The summed E-state index contributed by atoms with van der Waals surface area (Å²) in [6, 6.07) is 4.28. The quantitative estimate of drug-likeness (QED) is 0.592. The minimum absolute atomic E-state index is 0.371. The van der Waals surface area contributed by atoms with Gasteiger partial charge in [0.2, 0.25) is 0 Å². The number of rotatable bonds is 3. The highest BCUT2D eigenvalue weighted by Gasteiger charge is 2.18. The SMILES string of the molecule is Cc1nc2c3cc(-c4cnn(C5CCOCC5)c4)cnc3ccn2c1C(N)=O. The first-order chi connectivity index (χ1) is 13.6. The van der Waals surface area contributed by atoms with E-state index in [9.17, 15) is 4.79 Å². The summed E-state index contributed by atoms with van der Waals surface area (Å²) in [5, 5.41) is 5.42. The van der Waals surface area contributed by atoms with Crippen LogP contribution in [0.15, 0.2) is 36.9 Å². The van der Waals surface area contributed by atoms with Gasteiger partial charge in [0, 0.05) is 48.3 Å². The molecule has 4 aromatic rings. The van der Waals surface area contributed by atoms with Gasteiger partial charge in [-0.2, -0.15) is 5.10 Å². The molecular weight excluding hydrogens is 356 g/mol. The summed E-state index contributed by atoms with van der Waals surface area (Å²) in [7, 11) is 0. The smallest absolute Gasteiger partial charge is 0.267 e. The van der Waals surface area contributed by atoms with E-state index < -0.39 is 5.91 Å². The molecule has 0 unspecified atom stereocenters. The molecule has 2 N–H and O–H groups in total. The second kappa shape index (κ2) is 6.42. The second-order valence-corrected chi connectivity index (χ2v) is 7.13. The van der Waals surface area contributed by atoms with Crippen molar-refractivity contribution in [2.45, 2.75) is 25.8 Å². The Morgan fingerprint density at radius 1 is 1.25 bits per heavy atom. The van der Waals surface area contributed by atoms with Gasteiger partial charge in [-0.15, -0.1) is 0 Å². The lowest BCUT2D eigenvalue weighted by Gasteiger charge is -2.22. The summed E-state index contributed by atoms with van der Waals surface area (Å²) in [6.07, 6.45) is 9.50. The van der Waals surface area contributed by atoms with Crippen molar-refractivity contribution in [2.75, 3.05) is 13.2 Å². The third-order valence-electron chi connectivity index (χ3n) is 5.36. The zero-order valence-electron chi connectivity index (χ0n) is 15.5. The number of nitrogens with zero attached hydrogens (tertiary/aromatic N) is 5. The third-order valence-corrected chi connectivity index (χ3v) is 5.36. The van der Waals surface area contributed by atoms with Crippen molar-refractivity contribution in [3.8, 4) is 11.1 Å². The third kappa shape index (κ3) is 2.65. The van der Waals surface area contributed by atoms with Gasteiger partial charge >= 0.3 is 0 Å². The average molecular weight is 376 g/mol. The standard InChI is InChI=1S/C20H20N6O2/c1-12-18(19(21)27)25-5-2-17-16(20(25)24-12)8-13(9-22-17)14-10-23-26(11-14)15-3-6-28-7-4-15/h2,5,8-11,15H,3-4,6-7H2,1H3,(H2,21,27). The molecule has 28 heavy (non-hydrogen) atoms. The summed E-state index contributed by atoms with van der Waals surface area (Å²) >= 11 is 0. The fraction of sp³-hybridized carbons (Fsp3) is 0.300. The van der Waals surface area contributed by atoms with Crippen molar-refractivity contribution in [1.82, 2.24) is 24.1 Å².